The summed E-state index contributed by atoms with van der Waals surface area (Å²) in [4.78, 5) is 22.9. The van der Waals surface area contributed by atoms with Crippen molar-refractivity contribution >= 4 is 5.91 Å². The lowest BCUT2D eigenvalue weighted by Crippen LogP contribution is -2.40. The highest BCUT2D eigenvalue weighted by Crippen LogP contribution is 2.41. The normalized spacial score (nSPS) is 15.9. The van der Waals surface area contributed by atoms with Gasteiger partial charge in [0.25, 0.3) is 5.91 Å². The SMILES string of the molecule is COc1cc2c(cc1OC)[C@@H](c1cccnc1)N(C(=O)c1cnco1)CC2. The quantitative estimate of drug-likeness (QED) is 0.707. The third kappa shape index (κ3) is 3.01. The molecule has 0 fully saturated rings. The fourth-order valence-electron chi connectivity index (χ4n) is 3.52. The van der Waals surface area contributed by atoms with Gasteiger partial charge in [0.2, 0.25) is 5.76 Å². The number of aromatic nitrogens is 2. The van der Waals surface area contributed by atoms with Gasteiger partial charge in [0, 0.05) is 18.9 Å². The molecular formula is C20H19N3O4. The molecule has 1 aromatic carbocycles. The van der Waals surface area contributed by atoms with Crippen LogP contribution in [0.25, 0.3) is 0 Å². The molecule has 1 aliphatic heterocycles. The number of hydrogen-bond acceptors (Lipinski definition) is 6. The van der Waals surface area contributed by atoms with Crippen LogP contribution in [0, 0.1) is 0 Å². The Morgan fingerprint density at radius 2 is 2.00 bits per heavy atom. The highest BCUT2D eigenvalue weighted by molar-refractivity contribution is 5.92. The summed E-state index contributed by atoms with van der Waals surface area (Å²) in [5, 5.41) is 0. The lowest BCUT2D eigenvalue weighted by Gasteiger charge is -2.37. The predicted octanol–water partition coefficient (Wildman–Crippen LogP) is 2.87. The first-order chi connectivity index (χ1) is 13.2. The van der Waals surface area contributed by atoms with E-state index in [-0.39, 0.29) is 17.7 Å². The molecular weight excluding hydrogens is 346 g/mol. The van der Waals surface area contributed by atoms with Crippen LogP contribution in [0.1, 0.15) is 33.3 Å². The van der Waals surface area contributed by atoms with E-state index in [1.165, 1.54) is 12.6 Å². The van der Waals surface area contributed by atoms with E-state index in [9.17, 15) is 4.79 Å². The molecule has 1 amide bonds. The fourth-order valence-corrected chi connectivity index (χ4v) is 3.52. The number of carbonyl (C=O) groups excluding carboxylic acids is 1. The van der Waals surface area contributed by atoms with Gasteiger partial charge in [0.1, 0.15) is 0 Å². The van der Waals surface area contributed by atoms with Gasteiger partial charge in [-0.05, 0) is 41.3 Å². The van der Waals surface area contributed by atoms with Gasteiger partial charge in [-0.2, -0.15) is 0 Å². The van der Waals surface area contributed by atoms with Crippen LogP contribution in [0.2, 0.25) is 0 Å². The molecule has 1 aliphatic rings. The van der Waals surface area contributed by atoms with Crippen LogP contribution in [0.3, 0.4) is 0 Å². The van der Waals surface area contributed by atoms with E-state index >= 15 is 0 Å². The van der Waals surface area contributed by atoms with Crippen LogP contribution < -0.4 is 9.47 Å². The highest BCUT2D eigenvalue weighted by atomic mass is 16.5. The number of ether oxygens (including phenoxy) is 2. The van der Waals surface area contributed by atoms with Crippen molar-refractivity contribution in [2.24, 2.45) is 0 Å². The average molecular weight is 365 g/mol. The van der Waals surface area contributed by atoms with Gasteiger partial charge < -0.3 is 18.8 Å². The Morgan fingerprint density at radius 3 is 2.67 bits per heavy atom. The second-order valence-electron chi connectivity index (χ2n) is 6.21. The number of amides is 1. The smallest absolute Gasteiger partial charge is 0.292 e. The Morgan fingerprint density at radius 1 is 1.19 bits per heavy atom. The molecule has 2 aromatic heterocycles. The van der Waals surface area contributed by atoms with E-state index < -0.39 is 0 Å². The van der Waals surface area contributed by atoms with Crippen LogP contribution in [0.15, 0.2) is 53.7 Å². The van der Waals surface area contributed by atoms with Gasteiger partial charge in [0.05, 0.1) is 26.5 Å². The van der Waals surface area contributed by atoms with Crippen molar-refractivity contribution in [3.05, 3.63) is 71.7 Å². The largest absolute Gasteiger partial charge is 0.493 e. The summed E-state index contributed by atoms with van der Waals surface area (Å²) in [7, 11) is 3.22. The highest BCUT2D eigenvalue weighted by Gasteiger charge is 2.35. The van der Waals surface area contributed by atoms with E-state index in [0.717, 1.165) is 16.7 Å². The minimum Gasteiger partial charge on any atom is -0.493 e. The minimum atomic E-state index is -0.306. The summed E-state index contributed by atoms with van der Waals surface area (Å²) in [5.41, 5.74) is 3.02. The van der Waals surface area contributed by atoms with E-state index in [2.05, 4.69) is 9.97 Å². The van der Waals surface area contributed by atoms with Crippen molar-refractivity contribution in [2.75, 3.05) is 20.8 Å². The number of pyridine rings is 1. The molecule has 0 saturated carbocycles. The first kappa shape index (κ1) is 17.1. The molecule has 1 atom stereocenters. The molecule has 0 radical (unpaired) electrons. The number of oxazole rings is 1. The molecule has 3 aromatic rings. The molecule has 0 unspecified atom stereocenters. The molecule has 7 heteroatoms. The maximum absolute atomic E-state index is 13.0. The summed E-state index contributed by atoms with van der Waals surface area (Å²) in [6.45, 7) is 0.543. The molecule has 3 heterocycles. The van der Waals surface area contributed by atoms with Gasteiger partial charge in [-0.15, -0.1) is 0 Å². The van der Waals surface area contributed by atoms with Gasteiger partial charge >= 0.3 is 0 Å². The Bertz CT molecular complexity index is 941. The predicted molar refractivity (Wildman–Crippen MR) is 96.9 cm³/mol. The summed E-state index contributed by atoms with van der Waals surface area (Å²) < 4.78 is 16.2. The maximum atomic E-state index is 13.0. The Balaban J connectivity index is 1.85. The first-order valence-electron chi connectivity index (χ1n) is 8.57. The van der Waals surface area contributed by atoms with E-state index in [4.69, 9.17) is 13.9 Å². The van der Waals surface area contributed by atoms with Crippen molar-refractivity contribution in [1.82, 2.24) is 14.9 Å². The molecule has 7 nitrogen and oxygen atoms in total. The van der Waals surface area contributed by atoms with E-state index in [1.807, 2.05) is 24.3 Å². The zero-order chi connectivity index (χ0) is 18.8. The topological polar surface area (TPSA) is 77.7 Å². The third-order valence-corrected chi connectivity index (χ3v) is 4.78. The lowest BCUT2D eigenvalue weighted by molar-refractivity contribution is 0.0661. The summed E-state index contributed by atoms with van der Waals surface area (Å²) >= 11 is 0. The second kappa shape index (κ2) is 7.11. The molecule has 0 bridgehead atoms. The monoisotopic (exact) mass is 365 g/mol. The molecule has 27 heavy (non-hydrogen) atoms. The maximum Gasteiger partial charge on any atom is 0.292 e. The van der Waals surface area contributed by atoms with Crippen LogP contribution in [0.5, 0.6) is 11.5 Å². The van der Waals surface area contributed by atoms with Crippen molar-refractivity contribution in [3.8, 4) is 11.5 Å². The van der Waals surface area contributed by atoms with Gasteiger partial charge in [-0.3, -0.25) is 9.78 Å². The summed E-state index contributed by atoms with van der Waals surface area (Å²) in [6.07, 6.45) is 6.89. The minimum absolute atomic E-state index is 0.207. The number of rotatable bonds is 4. The lowest BCUT2D eigenvalue weighted by atomic mass is 9.88. The number of benzene rings is 1. The van der Waals surface area contributed by atoms with Crippen molar-refractivity contribution in [1.29, 1.82) is 0 Å². The molecule has 0 N–H and O–H groups in total. The molecule has 0 saturated heterocycles. The fraction of sp³-hybridized carbons (Fsp3) is 0.250. The standard InChI is InChI=1S/C20H19N3O4/c1-25-16-8-13-5-7-23(20(24)18-11-22-12-27-18)19(14-4-3-6-21-10-14)15(13)9-17(16)26-2/h3-4,6,8-12,19H,5,7H2,1-2H3/t19-/m1/s1. The van der Waals surface area contributed by atoms with Crippen molar-refractivity contribution in [3.63, 3.8) is 0 Å². The number of methoxy groups -OCH3 is 2. The van der Waals surface area contributed by atoms with Crippen LogP contribution >= 0.6 is 0 Å². The van der Waals surface area contributed by atoms with Crippen LogP contribution in [-0.2, 0) is 6.42 Å². The second-order valence-corrected chi connectivity index (χ2v) is 6.21. The number of carbonyl (C=O) groups is 1. The van der Waals surface area contributed by atoms with Crippen molar-refractivity contribution in [2.45, 2.75) is 12.5 Å². The number of nitrogens with zero attached hydrogens (tertiary/aromatic N) is 3. The average Bonchev–Trinajstić information content (AvgIpc) is 3.26. The van der Waals surface area contributed by atoms with Gasteiger partial charge in [0.15, 0.2) is 17.9 Å². The Kier molecular flexibility index (Phi) is 4.50. The molecule has 138 valence electrons. The molecule has 4 rings (SSSR count). The van der Waals surface area contributed by atoms with Crippen molar-refractivity contribution < 1.29 is 18.7 Å². The van der Waals surface area contributed by atoms with E-state index in [1.54, 1.807) is 31.5 Å². The van der Waals surface area contributed by atoms with Gasteiger partial charge in [-0.25, -0.2) is 4.98 Å². The molecule has 0 spiro atoms. The Hall–Kier alpha value is -3.35. The zero-order valence-electron chi connectivity index (χ0n) is 15.1. The van der Waals surface area contributed by atoms with E-state index in [0.29, 0.717) is 24.5 Å². The van der Waals surface area contributed by atoms with Crippen LogP contribution in [0.4, 0.5) is 0 Å². The number of hydrogen-bond donors (Lipinski definition) is 0. The zero-order valence-corrected chi connectivity index (χ0v) is 15.1. The van der Waals surface area contributed by atoms with Crippen LogP contribution in [-0.4, -0.2) is 41.5 Å². The number of fused-ring (bicyclic) bond motifs is 1. The Labute approximate surface area is 156 Å². The molecule has 0 aliphatic carbocycles. The first-order valence-corrected chi connectivity index (χ1v) is 8.57. The summed E-state index contributed by atoms with van der Waals surface area (Å²) in [6, 6.07) is 7.44. The third-order valence-electron chi connectivity index (χ3n) is 4.78. The van der Waals surface area contributed by atoms with Gasteiger partial charge in [-0.1, -0.05) is 6.07 Å². The summed E-state index contributed by atoms with van der Waals surface area (Å²) in [5.74, 6) is 1.31.